The summed E-state index contributed by atoms with van der Waals surface area (Å²) in [4.78, 5) is 6.46. The Hall–Kier alpha value is -1.02. The molecule has 0 aliphatic carbocycles. The Morgan fingerprint density at radius 3 is 2.39 bits per heavy atom. The molecule has 1 unspecified atom stereocenters. The molecular weight excluding hydrogens is 403 g/mol. The normalized spacial score (nSPS) is 12.8. The van der Waals surface area contributed by atoms with Crippen LogP contribution >= 0.6 is 24.0 Å². The zero-order valence-electron chi connectivity index (χ0n) is 15.1. The number of benzene rings is 1. The lowest BCUT2D eigenvalue weighted by molar-refractivity contribution is 0.297. The van der Waals surface area contributed by atoms with Gasteiger partial charge in [-0.05, 0) is 37.7 Å². The Morgan fingerprint density at radius 1 is 1.22 bits per heavy atom. The number of hydrogen-bond acceptors (Lipinski definition) is 3. The monoisotopic (exact) mass is 434 g/mol. The predicted octanol–water partition coefficient (Wildman–Crippen LogP) is 2.74. The molecule has 1 aromatic rings. The third-order valence-corrected chi connectivity index (χ3v) is 3.47. The van der Waals surface area contributed by atoms with Crippen molar-refractivity contribution in [3.63, 3.8) is 0 Å². The number of aliphatic imine (C=N–C) groups is 1. The van der Waals surface area contributed by atoms with Gasteiger partial charge in [-0.15, -0.1) is 24.0 Å². The van der Waals surface area contributed by atoms with Gasteiger partial charge in [-0.2, -0.15) is 0 Å². The molecule has 1 aromatic carbocycles. The molecule has 6 heteroatoms. The van der Waals surface area contributed by atoms with Crippen LogP contribution in [0, 0.1) is 5.92 Å². The molecule has 23 heavy (non-hydrogen) atoms. The van der Waals surface area contributed by atoms with Crippen molar-refractivity contribution in [3.05, 3.63) is 29.8 Å². The first-order valence-electron chi connectivity index (χ1n) is 7.72. The molecule has 0 amide bonds. The quantitative estimate of drug-likeness (QED) is 0.394. The maximum atomic E-state index is 5.32. The van der Waals surface area contributed by atoms with Gasteiger partial charge in [0.2, 0.25) is 0 Å². The summed E-state index contributed by atoms with van der Waals surface area (Å²) in [5.74, 6) is 2.30. The minimum absolute atomic E-state index is 0. The van der Waals surface area contributed by atoms with Crippen LogP contribution in [0.5, 0.6) is 5.75 Å². The van der Waals surface area contributed by atoms with Crippen molar-refractivity contribution in [2.24, 2.45) is 10.9 Å². The number of halogens is 1. The number of nitrogens with one attached hydrogen (secondary N) is 2. The number of rotatable bonds is 7. The molecule has 0 radical (unpaired) electrons. The molecule has 1 rings (SSSR count). The molecule has 5 nitrogen and oxygen atoms in total. The van der Waals surface area contributed by atoms with E-state index in [9.17, 15) is 0 Å². The summed E-state index contributed by atoms with van der Waals surface area (Å²) in [6, 6.07) is 8.44. The summed E-state index contributed by atoms with van der Waals surface area (Å²) in [5.41, 5.74) is 1.22. The highest BCUT2D eigenvalue weighted by molar-refractivity contribution is 14.0. The second-order valence-electron chi connectivity index (χ2n) is 5.98. The minimum Gasteiger partial charge on any atom is -0.497 e. The number of methoxy groups -OCH3 is 1. The summed E-state index contributed by atoms with van der Waals surface area (Å²) in [5, 5.41) is 6.73. The number of guanidine groups is 1. The van der Waals surface area contributed by atoms with E-state index >= 15 is 0 Å². The first-order chi connectivity index (χ1) is 10.5. The highest BCUT2D eigenvalue weighted by Crippen LogP contribution is 2.21. The molecule has 0 bridgehead atoms. The average molecular weight is 434 g/mol. The van der Waals surface area contributed by atoms with E-state index < -0.39 is 0 Å². The maximum absolute atomic E-state index is 5.32. The second-order valence-corrected chi connectivity index (χ2v) is 5.98. The van der Waals surface area contributed by atoms with Gasteiger partial charge in [-0.1, -0.05) is 26.0 Å². The van der Waals surface area contributed by atoms with Crippen LogP contribution in [-0.4, -0.2) is 52.2 Å². The van der Waals surface area contributed by atoms with Crippen LogP contribution in [0.3, 0.4) is 0 Å². The summed E-state index contributed by atoms with van der Waals surface area (Å²) < 4.78 is 5.32. The first kappa shape index (κ1) is 22.0. The third-order valence-electron chi connectivity index (χ3n) is 3.47. The van der Waals surface area contributed by atoms with Crippen LogP contribution in [0.25, 0.3) is 0 Å². The van der Waals surface area contributed by atoms with Crippen molar-refractivity contribution < 1.29 is 4.74 Å². The fourth-order valence-electron chi connectivity index (χ4n) is 2.16. The topological polar surface area (TPSA) is 48.9 Å². The van der Waals surface area contributed by atoms with Gasteiger partial charge in [0, 0.05) is 20.1 Å². The van der Waals surface area contributed by atoms with E-state index in [1.165, 1.54) is 5.56 Å². The van der Waals surface area contributed by atoms with Crippen molar-refractivity contribution in [2.45, 2.75) is 19.9 Å². The Morgan fingerprint density at radius 2 is 1.87 bits per heavy atom. The van der Waals surface area contributed by atoms with Crippen molar-refractivity contribution in [1.29, 1.82) is 0 Å². The maximum Gasteiger partial charge on any atom is 0.191 e. The van der Waals surface area contributed by atoms with E-state index in [1.54, 1.807) is 14.2 Å². The summed E-state index contributed by atoms with van der Waals surface area (Å²) >= 11 is 0. The molecule has 2 N–H and O–H groups in total. The molecule has 1 atom stereocenters. The lowest BCUT2D eigenvalue weighted by Crippen LogP contribution is -2.42. The van der Waals surface area contributed by atoms with Crippen molar-refractivity contribution >= 4 is 29.9 Å². The fraction of sp³-hybridized carbons (Fsp3) is 0.588. The van der Waals surface area contributed by atoms with E-state index in [1.807, 2.05) is 12.1 Å². The van der Waals surface area contributed by atoms with Crippen molar-refractivity contribution in [2.75, 3.05) is 41.3 Å². The van der Waals surface area contributed by atoms with Crippen LogP contribution in [-0.2, 0) is 0 Å². The Balaban J connectivity index is 0.00000484. The van der Waals surface area contributed by atoms with E-state index in [2.05, 4.69) is 60.6 Å². The molecule has 0 aliphatic rings. The molecule has 0 heterocycles. The van der Waals surface area contributed by atoms with Gasteiger partial charge in [-0.3, -0.25) is 4.99 Å². The van der Waals surface area contributed by atoms with E-state index in [0.29, 0.717) is 5.92 Å². The van der Waals surface area contributed by atoms with Crippen LogP contribution in [0.4, 0.5) is 0 Å². The summed E-state index contributed by atoms with van der Waals surface area (Å²) in [6.45, 7) is 6.04. The number of ether oxygens (including phenoxy) is 1. The molecule has 0 saturated heterocycles. The van der Waals surface area contributed by atoms with Gasteiger partial charge >= 0.3 is 0 Å². The number of nitrogens with zero attached hydrogens (tertiary/aromatic N) is 2. The Bertz CT molecular complexity index is 477. The van der Waals surface area contributed by atoms with Gasteiger partial charge in [0.05, 0.1) is 13.2 Å². The number of hydrogen-bond donors (Lipinski definition) is 2. The van der Waals surface area contributed by atoms with Crippen molar-refractivity contribution in [1.82, 2.24) is 15.5 Å². The molecule has 0 spiro atoms. The van der Waals surface area contributed by atoms with Gasteiger partial charge < -0.3 is 20.3 Å². The average Bonchev–Trinajstić information content (AvgIpc) is 2.50. The smallest absolute Gasteiger partial charge is 0.191 e. The largest absolute Gasteiger partial charge is 0.497 e. The fourth-order valence-corrected chi connectivity index (χ4v) is 2.16. The highest BCUT2D eigenvalue weighted by atomic mass is 127. The second kappa shape index (κ2) is 11.5. The molecule has 0 aromatic heterocycles. The zero-order chi connectivity index (χ0) is 16.5. The van der Waals surface area contributed by atoms with Crippen molar-refractivity contribution in [3.8, 4) is 5.75 Å². The zero-order valence-corrected chi connectivity index (χ0v) is 17.4. The molecular formula is C17H31IN4O. The van der Waals surface area contributed by atoms with E-state index in [4.69, 9.17) is 4.74 Å². The first-order valence-corrected chi connectivity index (χ1v) is 7.72. The molecule has 0 fully saturated rings. The standard InChI is InChI=1S/C17H30N4O.HI/c1-13(2)11-19-17(18-3)20-12-16(21(4)5)14-8-7-9-15(10-14)22-6;/h7-10,13,16H,11-12H2,1-6H3,(H2,18,19,20);1H. The van der Waals surface area contributed by atoms with Gasteiger partial charge in [-0.25, -0.2) is 0 Å². The van der Waals surface area contributed by atoms with E-state index in [-0.39, 0.29) is 30.0 Å². The van der Waals surface area contributed by atoms with Crippen LogP contribution in [0.1, 0.15) is 25.5 Å². The number of likely N-dealkylation sites (N-methyl/N-ethyl adjacent to an activating group) is 1. The van der Waals surface area contributed by atoms with E-state index in [0.717, 1.165) is 24.8 Å². The van der Waals surface area contributed by atoms with Crippen LogP contribution < -0.4 is 15.4 Å². The molecule has 0 aliphatic heterocycles. The van der Waals surface area contributed by atoms with Crippen LogP contribution in [0.15, 0.2) is 29.3 Å². The molecule has 0 saturated carbocycles. The van der Waals surface area contributed by atoms with Crippen LogP contribution in [0.2, 0.25) is 0 Å². The predicted molar refractivity (Wildman–Crippen MR) is 109 cm³/mol. The SMILES string of the molecule is CN=C(NCC(C)C)NCC(c1cccc(OC)c1)N(C)C.I. The summed E-state index contributed by atoms with van der Waals surface area (Å²) in [7, 11) is 7.65. The highest BCUT2D eigenvalue weighted by Gasteiger charge is 2.15. The van der Waals surface area contributed by atoms with Gasteiger partial charge in [0.15, 0.2) is 5.96 Å². The third kappa shape index (κ3) is 7.87. The molecule has 132 valence electrons. The summed E-state index contributed by atoms with van der Waals surface area (Å²) in [6.07, 6.45) is 0. The Kier molecular flexibility index (Phi) is 11.0. The lowest BCUT2D eigenvalue weighted by Gasteiger charge is -2.26. The minimum atomic E-state index is 0. The Labute approximate surface area is 157 Å². The lowest BCUT2D eigenvalue weighted by atomic mass is 10.1. The van der Waals surface area contributed by atoms with Gasteiger partial charge in [0.1, 0.15) is 5.75 Å². The van der Waals surface area contributed by atoms with Gasteiger partial charge in [0.25, 0.3) is 0 Å².